The highest BCUT2D eigenvalue weighted by Crippen LogP contribution is 2.23. The van der Waals surface area contributed by atoms with Crippen molar-refractivity contribution in [2.75, 3.05) is 13.1 Å². The summed E-state index contributed by atoms with van der Waals surface area (Å²) in [5.74, 6) is 1.13. The third kappa shape index (κ3) is 3.96. The van der Waals surface area contributed by atoms with Crippen molar-refractivity contribution in [3.8, 4) is 11.5 Å². The van der Waals surface area contributed by atoms with Gasteiger partial charge >= 0.3 is 0 Å². The van der Waals surface area contributed by atoms with Gasteiger partial charge in [-0.1, -0.05) is 18.2 Å². The summed E-state index contributed by atoms with van der Waals surface area (Å²) < 4.78 is 13.9. The minimum absolute atomic E-state index is 0.119. The number of benzene rings is 1. The number of hydrogen-bond acceptors (Lipinski definition) is 4. The normalized spacial score (nSPS) is 18.1. The molecule has 1 saturated heterocycles. The van der Waals surface area contributed by atoms with E-state index in [0.29, 0.717) is 12.5 Å². The van der Waals surface area contributed by atoms with E-state index in [1.807, 2.05) is 18.3 Å². The highest BCUT2D eigenvalue weighted by Gasteiger charge is 2.21. The minimum atomic E-state index is -0.119. The van der Waals surface area contributed by atoms with E-state index in [0.717, 1.165) is 48.7 Å². The summed E-state index contributed by atoms with van der Waals surface area (Å²) >= 11 is 0. The zero-order valence-electron chi connectivity index (χ0n) is 14.6. The first-order chi connectivity index (χ1) is 12.8. The molecule has 0 unspecified atom stereocenters. The van der Waals surface area contributed by atoms with Gasteiger partial charge in [-0.05, 0) is 37.8 Å². The molecule has 2 aromatic heterocycles. The van der Waals surface area contributed by atoms with E-state index in [-0.39, 0.29) is 5.82 Å². The fraction of sp³-hybridized carbons (Fsp3) is 0.350. The van der Waals surface area contributed by atoms with Gasteiger partial charge in [0.05, 0.1) is 11.9 Å². The van der Waals surface area contributed by atoms with Crippen LogP contribution in [0.25, 0.3) is 11.5 Å². The maximum absolute atomic E-state index is 13.9. The summed E-state index contributed by atoms with van der Waals surface area (Å²) in [4.78, 5) is 18.7. The lowest BCUT2D eigenvalue weighted by Crippen LogP contribution is -2.36. The zero-order chi connectivity index (χ0) is 17.8. The number of H-pyrrole nitrogens is 1. The number of nitrogens with one attached hydrogen (secondary N) is 1. The number of likely N-dealkylation sites (tertiary alicyclic amines) is 1. The van der Waals surface area contributed by atoms with E-state index in [9.17, 15) is 4.39 Å². The van der Waals surface area contributed by atoms with Crippen molar-refractivity contribution in [3.63, 3.8) is 0 Å². The average molecular weight is 351 g/mol. The number of nitrogens with zero attached hydrogens (tertiary/aromatic N) is 4. The van der Waals surface area contributed by atoms with Gasteiger partial charge in [-0.25, -0.2) is 14.4 Å². The third-order valence-corrected chi connectivity index (χ3v) is 4.88. The fourth-order valence-electron chi connectivity index (χ4n) is 3.65. The van der Waals surface area contributed by atoms with E-state index in [1.165, 1.54) is 12.5 Å². The van der Waals surface area contributed by atoms with E-state index in [2.05, 4.69) is 19.9 Å². The largest absolute Gasteiger partial charge is 0.343 e. The number of rotatable bonds is 5. The van der Waals surface area contributed by atoms with Gasteiger partial charge in [-0.2, -0.15) is 0 Å². The van der Waals surface area contributed by atoms with Crippen LogP contribution in [0.4, 0.5) is 4.39 Å². The van der Waals surface area contributed by atoms with Crippen LogP contribution in [0.2, 0.25) is 0 Å². The highest BCUT2D eigenvalue weighted by atomic mass is 19.1. The first-order valence-electron chi connectivity index (χ1n) is 9.04. The monoisotopic (exact) mass is 351 g/mol. The number of hydrogen-bond donors (Lipinski definition) is 1. The van der Waals surface area contributed by atoms with Gasteiger partial charge in [0.15, 0.2) is 5.82 Å². The molecule has 0 spiro atoms. The summed E-state index contributed by atoms with van der Waals surface area (Å²) in [6, 6.07) is 7.04. The third-order valence-electron chi connectivity index (χ3n) is 4.88. The average Bonchev–Trinajstić information content (AvgIpc) is 3.19. The summed E-state index contributed by atoms with van der Waals surface area (Å²) in [6.07, 6.45) is 10.2. The number of piperidine rings is 1. The second-order valence-corrected chi connectivity index (χ2v) is 6.87. The van der Waals surface area contributed by atoms with Crippen LogP contribution in [-0.2, 0) is 13.0 Å². The Kier molecular flexibility index (Phi) is 5.02. The quantitative estimate of drug-likeness (QED) is 0.765. The van der Waals surface area contributed by atoms with Gasteiger partial charge < -0.3 is 4.98 Å². The Labute approximate surface area is 152 Å². The van der Waals surface area contributed by atoms with Crippen molar-refractivity contribution in [3.05, 3.63) is 66.1 Å². The molecule has 4 rings (SSSR count). The molecule has 0 saturated carbocycles. The van der Waals surface area contributed by atoms with E-state index in [1.54, 1.807) is 24.7 Å². The molecular formula is C20H22FN5. The number of imidazole rings is 1. The van der Waals surface area contributed by atoms with Gasteiger partial charge in [0.1, 0.15) is 11.5 Å². The molecule has 3 heterocycles. The lowest BCUT2D eigenvalue weighted by atomic mass is 9.93. The predicted molar refractivity (Wildman–Crippen MR) is 97.7 cm³/mol. The Morgan fingerprint density at radius 1 is 1.23 bits per heavy atom. The number of aromatic amines is 1. The van der Waals surface area contributed by atoms with Crippen LogP contribution >= 0.6 is 0 Å². The predicted octanol–water partition coefficient (Wildman–Crippen LogP) is 3.46. The lowest BCUT2D eigenvalue weighted by Gasteiger charge is -2.32. The molecule has 1 aliphatic rings. The Hall–Kier alpha value is -2.60. The first kappa shape index (κ1) is 16.8. The van der Waals surface area contributed by atoms with E-state index in [4.69, 9.17) is 4.98 Å². The molecule has 134 valence electrons. The molecule has 0 amide bonds. The standard InChI is InChI=1S/C20H22FN5/c21-18-6-2-1-5-16(18)14-26-9-3-4-15(13-26)10-17-11-22-12-19(25-17)20-23-7-8-24-20/h1-2,5-8,11-12,15H,3-4,9-10,13-14H2,(H,23,24)/t15-/m0/s1. The molecule has 1 aromatic carbocycles. The van der Waals surface area contributed by atoms with Crippen LogP contribution in [-0.4, -0.2) is 37.9 Å². The molecule has 0 radical (unpaired) electrons. The van der Waals surface area contributed by atoms with Crippen molar-refractivity contribution in [2.24, 2.45) is 5.92 Å². The molecule has 0 bridgehead atoms. The number of halogens is 1. The smallest absolute Gasteiger partial charge is 0.157 e. The number of aromatic nitrogens is 4. The van der Waals surface area contributed by atoms with Gasteiger partial charge in [0.25, 0.3) is 0 Å². The van der Waals surface area contributed by atoms with E-state index < -0.39 is 0 Å². The SMILES string of the molecule is Fc1ccccc1CN1CCC[C@@H](Cc2cncc(-c3ncc[nH]3)n2)C1. The molecule has 26 heavy (non-hydrogen) atoms. The van der Waals surface area contributed by atoms with Crippen LogP contribution in [0, 0.1) is 11.7 Å². The van der Waals surface area contributed by atoms with Crippen molar-refractivity contribution in [1.29, 1.82) is 0 Å². The van der Waals surface area contributed by atoms with Crippen LogP contribution in [0.3, 0.4) is 0 Å². The Morgan fingerprint density at radius 3 is 3.00 bits per heavy atom. The maximum Gasteiger partial charge on any atom is 0.157 e. The molecule has 0 aliphatic carbocycles. The summed E-state index contributed by atoms with van der Waals surface area (Å²) in [5.41, 5.74) is 2.52. The molecule has 1 N–H and O–H groups in total. The Balaban J connectivity index is 1.41. The van der Waals surface area contributed by atoms with Crippen molar-refractivity contribution >= 4 is 0 Å². The molecule has 1 atom stereocenters. The Morgan fingerprint density at radius 2 is 2.15 bits per heavy atom. The lowest BCUT2D eigenvalue weighted by molar-refractivity contribution is 0.164. The van der Waals surface area contributed by atoms with Gasteiger partial charge in [-0.3, -0.25) is 9.88 Å². The van der Waals surface area contributed by atoms with Crippen molar-refractivity contribution in [1.82, 2.24) is 24.8 Å². The van der Waals surface area contributed by atoms with Crippen molar-refractivity contribution in [2.45, 2.75) is 25.8 Å². The summed E-state index contributed by atoms with van der Waals surface area (Å²) in [5, 5.41) is 0. The van der Waals surface area contributed by atoms with Crippen LogP contribution in [0.15, 0.2) is 49.1 Å². The highest BCUT2D eigenvalue weighted by molar-refractivity contribution is 5.46. The van der Waals surface area contributed by atoms with E-state index >= 15 is 0 Å². The zero-order valence-corrected chi connectivity index (χ0v) is 14.6. The van der Waals surface area contributed by atoms with Gasteiger partial charge in [-0.15, -0.1) is 0 Å². The molecule has 1 fully saturated rings. The van der Waals surface area contributed by atoms with Crippen LogP contribution in [0.1, 0.15) is 24.1 Å². The summed E-state index contributed by atoms with van der Waals surface area (Å²) in [7, 11) is 0. The summed E-state index contributed by atoms with van der Waals surface area (Å²) in [6.45, 7) is 2.64. The fourth-order valence-corrected chi connectivity index (χ4v) is 3.65. The topological polar surface area (TPSA) is 57.7 Å². The van der Waals surface area contributed by atoms with Crippen LogP contribution in [0.5, 0.6) is 0 Å². The second-order valence-electron chi connectivity index (χ2n) is 6.87. The van der Waals surface area contributed by atoms with Gasteiger partial charge in [0, 0.05) is 37.2 Å². The Bertz CT molecular complexity index is 849. The molecule has 1 aliphatic heterocycles. The molecular weight excluding hydrogens is 329 g/mol. The maximum atomic E-state index is 13.9. The van der Waals surface area contributed by atoms with Gasteiger partial charge in [0.2, 0.25) is 0 Å². The second kappa shape index (κ2) is 7.74. The first-order valence-corrected chi connectivity index (χ1v) is 9.04. The molecule has 3 aromatic rings. The minimum Gasteiger partial charge on any atom is -0.343 e. The molecule has 6 heteroatoms. The molecule has 5 nitrogen and oxygen atoms in total. The van der Waals surface area contributed by atoms with Crippen molar-refractivity contribution < 1.29 is 4.39 Å². The van der Waals surface area contributed by atoms with Crippen LogP contribution < -0.4 is 0 Å².